The zero-order valence-corrected chi connectivity index (χ0v) is 14.4. The van der Waals surface area contributed by atoms with Crippen LogP contribution in [0.2, 0.25) is 0 Å². The first kappa shape index (κ1) is 16.4. The maximum absolute atomic E-state index is 12.3. The topological polar surface area (TPSA) is 85.6 Å². The van der Waals surface area contributed by atoms with Crippen molar-refractivity contribution in [1.29, 1.82) is 0 Å². The minimum atomic E-state index is -0.0215. The number of fused-ring (bicyclic) bond motifs is 1. The quantitative estimate of drug-likeness (QED) is 0.765. The highest BCUT2D eigenvalue weighted by Crippen LogP contribution is 2.29. The summed E-state index contributed by atoms with van der Waals surface area (Å²) >= 11 is 0. The highest BCUT2D eigenvalue weighted by Gasteiger charge is 2.24. The van der Waals surface area contributed by atoms with Crippen molar-refractivity contribution in [2.75, 3.05) is 0 Å². The summed E-state index contributed by atoms with van der Waals surface area (Å²) in [6.07, 6.45) is 12.1. The van der Waals surface area contributed by atoms with Crippen molar-refractivity contribution >= 4 is 5.91 Å². The van der Waals surface area contributed by atoms with Crippen LogP contribution in [0.15, 0.2) is 49.2 Å². The number of hydrogen-bond donors (Lipinski definition) is 1. The van der Waals surface area contributed by atoms with Gasteiger partial charge in [-0.05, 0) is 37.5 Å². The Balaban J connectivity index is 1.46. The van der Waals surface area contributed by atoms with Crippen molar-refractivity contribution < 1.29 is 4.79 Å². The fourth-order valence-corrected chi connectivity index (χ4v) is 3.25. The summed E-state index contributed by atoms with van der Waals surface area (Å²) in [7, 11) is 0. The van der Waals surface area contributed by atoms with Crippen molar-refractivity contribution in [3.05, 3.63) is 60.4 Å². The van der Waals surface area contributed by atoms with Gasteiger partial charge in [0, 0.05) is 60.8 Å². The van der Waals surface area contributed by atoms with Crippen LogP contribution in [0, 0.1) is 0 Å². The zero-order chi connectivity index (χ0) is 17.8. The van der Waals surface area contributed by atoms with Gasteiger partial charge in [0.05, 0.1) is 6.04 Å². The maximum atomic E-state index is 12.3. The number of aryl methyl sites for hydroxylation is 2. The van der Waals surface area contributed by atoms with Crippen LogP contribution in [0.3, 0.4) is 0 Å². The zero-order valence-electron chi connectivity index (χ0n) is 14.4. The van der Waals surface area contributed by atoms with Gasteiger partial charge < -0.3 is 5.32 Å². The second-order valence-electron chi connectivity index (χ2n) is 6.37. The number of nitrogens with one attached hydrogen (secondary N) is 1. The average molecular weight is 348 g/mol. The molecule has 3 heterocycles. The first-order valence-corrected chi connectivity index (χ1v) is 8.82. The molecule has 1 N–H and O–H groups in total. The summed E-state index contributed by atoms with van der Waals surface area (Å²) < 4.78 is 1.76. The fourth-order valence-electron chi connectivity index (χ4n) is 3.25. The summed E-state index contributed by atoms with van der Waals surface area (Å²) in [5.74, 6) is 0.706. The van der Waals surface area contributed by atoms with Gasteiger partial charge in [-0.3, -0.25) is 14.5 Å². The van der Waals surface area contributed by atoms with Crippen LogP contribution < -0.4 is 5.32 Å². The van der Waals surface area contributed by atoms with E-state index in [2.05, 4.69) is 20.4 Å². The predicted octanol–water partition coefficient (Wildman–Crippen LogP) is 2.32. The van der Waals surface area contributed by atoms with Crippen molar-refractivity contribution in [3.8, 4) is 11.4 Å². The molecule has 3 aromatic heterocycles. The van der Waals surface area contributed by atoms with E-state index in [1.807, 2.05) is 30.6 Å². The van der Waals surface area contributed by atoms with Crippen LogP contribution in [0.25, 0.3) is 11.4 Å². The van der Waals surface area contributed by atoms with Gasteiger partial charge in [-0.15, -0.1) is 0 Å². The maximum Gasteiger partial charge on any atom is 0.222 e. The average Bonchev–Trinajstić information content (AvgIpc) is 3.21. The standard InChI is InChI=1S/C19H20N6O/c26-18(7-11-25-10-3-9-22-25)23-16-5-1-6-17-15(16)13-21-19(24-17)14-4-2-8-20-12-14/h2-4,8-10,12-13,16H,1,5-7,11H2,(H,23,26). The molecular formula is C19H20N6O. The molecule has 0 bridgehead atoms. The predicted molar refractivity (Wildman–Crippen MR) is 95.9 cm³/mol. The molecule has 1 atom stereocenters. The minimum Gasteiger partial charge on any atom is -0.349 e. The molecule has 0 spiro atoms. The molecule has 0 fully saturated rings. The molecule has 1 unspecified atom stereocenters. The Hall–Kier alpha value is -3.09. The van der Waals surface area contributed by atoms with E-state index in [1.54, 1.807) is 23.3 Å². The van der Waals surface area contributed by atoms with Crippen LogP contribution >= 0.6 is 0 Å². The summed E-state index contributed by atoms with van der Waals surface area (Å²) in [5.41, 5.74) is 2.94. The molecule has 4 rings (SSSR count). The van der Waals surface area contributed by atoms with Gasteiger partial charge >= 0.3 is 0 Å². The third-order valence-corrected chi connectivity index (χ3v) is 4.56. The van der Waals surface area contributed by atoms with E-state index in [-0.39, 0.29) is 11.9 Å². The highest BCUT2D eigenvalue weighted by molar-refractivity contribution is 5.76. The van der Waals surface area contributed by atoms with E-state index < -0.39 is 0 Å². The SMILES string of the molecule is O=C(CCn1cccn1)NC1CCCc2nc(-c3cccnc3)ncc21. The third kappa shape index (κ3) is 3.61. The second kappa shape index (κ2) is 7.43. The molecule has 7 nitrogen and oxygen atoms in total. The molecule has 7 heteroatoms. The molecule has 1 aliphatic carbocycles. The summed E-state index contributed by atoms with van der Waals surface area (Å²) in [6.45, 7) is 0.578. The van der Waals surface area contributed by atoms with Gasteiger partial charge in [-0.1, -0.05) is 0 Å². The van der Waals surface area contributed by atoms with E-state index in [0.717, 1.165) is 36.1 Å². The van der Waals surface area contributed by atoms with Gasteiger partial charge in [0.1, 0.15) is 0 Å². The Labute approximate surface area is 151 Å². The molecule has 132 valence electrons. The van der Waals surface area contributed by atoms with Crippen molar-refractivity contribution in [1.82, 2.24) is 30.0 Å². The van der Waals surface area contributed by atoms with E-state index in [1.165, 1.54) is 0 Å². The van der Waals surface area contributed by atoms with Gasteiger partial charge in [0.2, 0.25) is 5.91 Å². The van der Waals surface area contributed by atoms with Crippen LogP contribution in [-0.2, 0) is 17.8 Å². The molecule has 0 saturated heterocycles. The molecule has 0 aliphatic heterocycles. The van der Waals surface area contributed by atoms with E-state index in [0.29, 0.717) is 18.8 Å². The molecule has 0 radical (unpaired) electrons. The number of carbonyl (C=O) groups is 1. The summed E-state index contributed by atoms with van der Waals surface area (Å²) in [4.78, 5) is 25.6. The molecule has 0 saturated carbocycles. The van der Waals surface area contributed by atoms with E-state index in [9.17, 15) is 4.79 Å². The van der Waals surface area contributed by atoms with E-state index >= 15 is 0 Å². The van der Waals surface area contributed by atoms with Crippen molar-refractivity contribution in [2.45, 2.75) is 38.3 Å². The molecule has 1 amide bonds. The van der Waals surface area contributed by atoms with Crippen LogP contribution in [0.1, 0.15) is 36.6 Å². The number of pyridine rings is 1. The Bertz CT molecular complexity index is 878. The summed E-state index contributed by atoms with van der Waals surface area (Å²) in [5, 5.41) is 7.25. The third-order valence-electron chi connectivity index (χ3n) is 4.56. The van der Waals surface area contributed by atoms with Crippen LogP contribution in [0.4, 0.5) is 0 Å². The Morgan fingerprint density at radius 2 is 2.23 bits per heavy atom. The molecule has 3 aromatic rings. The Morgan fingerprint density at radius 3 is 3.04 bits per heavy atom. The largest absolute Gasteiger partial charge is 0.349 e. The highest BCUT2D eigenvalue weighted by atomic mass is 16.1. The van der Waals surface area contributed by atoms with Gasteiger partial charge in [-0.2, -0.15) is 5.10 Å². The van der Waals surface area contributed by atoms with Crippen molar-refractivity contribution in [3.63, 3.8) is 0 Å². The van der Waals surface area contributed by atoms with Crippen molar-refractivity contribution in [2.24, 2.45) is 0 Å². The van der Waals surface area contributed by atoms with Gasteiger partial charge in [-0.25, -0.2) is 9.97 Å². The normalized spacial score (nSPS) is 16.1. The van der Waals surface area contributed by atoms with Gasteiger partial charge in [0.25, 0.3) is 0 Å². The molecular weight excluding hydrogens is 328 g/mol. The number of amides is 1. The minimum absolute atomic E-state index is 0.0215. The lowest BCUT2D eigenvalue weighted by Crippen LogP contribution is -2.32. The second-order valence-corrected chi connectivity index (χ2v) is 6.37. The Morgan fingerprint density at radius 1 is 1.27 bits per heavy atom. The lowest BCUT2D eigenvalue weighted by Gasteiger charge is -2.25. The number of nitrogens with zero attached hydrogens (tertiary/aromatic N) is 5. The number of carbonyl (C=O) groups excluding carboxylic acids is 1. The number of hydrogen-bond acceptors (Lipinski definition) is 5. The first-order valence-electron chi connectivity index (χ1n) is 8.82. The number of rotatable bonds is 5. The fraction of sp³-hybridized carbons (Fsp3) is 0.316. The summed E-state index contributed by atoms with van der Waals surface area (Å²) in [6, 6.07) is 5.66. The lowest BCUT2D eigenvalue weighted by molar-refractivity contribution is -0.122. The molecule has 0 aromatic carbocycles. The Kier molecular flexibility index (Phi) is 4.68. The van der Waals surface area contributed by atoms with Crippen LogP contribution in [-0.4, -0.2) is 30.6 Å². The number of aromatic nitrogens is 5. The lowest BCUT2D eigenvalue weighted by atomic mass is 9.92. The molecule has 1 aliphatic rings. The first-order chi connectivity index (χ1) is 12.8. The molecule has 26 heavy (non-hydrogen) atoms. The van der Waals surface area contributed by atoms with Gasteiger partial charge in [0.15, 0.2) is 5.82 Å². The van der Waals surface area contributed by atoms with E-state index in [4.69, 9.17) is 4.98 Å². The monoisotopic (exact) mass is 348 g/mol. The van der Waals surface area contributed by atoms with Crippen LogP contribution in [0.5, 0.6) is 0 Å². The smallest absolute Gasteiger partial charge is 0.222 e.